The molecule has 1 fully saturated rings. The van der Waals surface area contributed by atoms with Crippen molar-refractivity contribution < 1.29 is 19.2 Å². The maximum atomic E-state index is 12.5. The first-order valence-electron chi connectivity index (χ1n) is 6.77. The second kappa shape index (κ2) is 6.47. The number of benzene rings is 1. The molecule has 0 heterocycles. The summed E-state index contributed by atoms with van der Waals surface area (Å²) in [6, 6.07) is 5.47. The summed E-state index contributed by atoms with van der Waals surface area (Å²) in [6.45, 7) is 0. The number of ether oxygens (including phenoxy) is 1. The van der Waals surface area contributed by atoms with E-state index in [-0.39, 0.29) is 11.5 Å². The molecule has 1 radical (unpaired) electrons. The van der Waals surface area contributed by atoms with E-state index in [0.29, 0.717) is 24.3 Å². The SMILES string of the molecule is COC(=O)[C]1CCCCC1C(=O)c1ccc([N+](=O)[O-])cc1. The number of carbonyl (C=O) groups excluding carboxylic acids is 2. The van der Waals surface area contributed by atoms with Crippen LogP contribution < -0.4 is 0 Å². The lowest BCUT2D eigenvalue weighted by Crippen LogP contribution is -2.31. The van der Waals surface area contributed by atoms with Gasteiger partial charge < -0.3 is 4.74 Å². The van der Waals surface area contributed by atoms with Crippen LogP contribution in [0.3, 0.4) is 0 Å². The summed E-state index contributed by atoms with van der Waals surface area (Å²) in [7, 11) is 1.30. The van der Waals surface area contributed by atoms with Crippen molar-refractivity contribution in [3.05, 3.63) is 45.9 Å². The number of nitrogens with zero attached hydrogens (tertiary/aromatic N) is 1. The number of hydrogen-bond acceptors (Lipinski definition) is 5. The minimum atomic E-state index is -0.513. The van der Waals surface area contributed by atoms with Crippen LogP contribution in [0.1, 0.15) is 36.0 Å². The van der Waals surface area contributed by atoms with Crippen molar-refractivity contribution in [2.45, 2.75) is 25.7 Å². The molecule has 0 amide bonds. The zero-order chi connectivity index (χ0) is 15.4. The van der Waals surface area contributed by atoms with Crippen molar-refractivity contribution >= 4 is 17.4 Å². The summed E-state index contributed by atoms with van der Waals surface area (Å²) in [5.41, 5.74) is 0.321. The number of methoxy groups -OCH3 is 1. The first-order valence-corrected chi connectivity index (χ1v) is 6.77. The Morgan fingerprint density at radius 3 is 2.48 bits per heavy atom. The van der Waals surface area contributed by atoms with Gasteiger partial charge in [0.15, 0.2) is 5.78 Å². The Labute approximate surface area is 122 Å². The van der Waals surface area contributed by atoms with E-state index in [1.807, 2.05) is 0 Å². The molecule has 1 aliphatic carbocycles. The average Bonchev–Trinajstić information content (AvgIpc) is 2.53. The molecule has 1 aromatic rings. The molecule has 6 heteroatoms. The highest BCUT2D eigenvalue weighted by Gasteiger charge is 2.37. The molecule has 1 aromatic carbocycles. The number of rotatable bonds is 4. The number of Topliss-reactive ketones (excluding diaryl/α,β-unsaturated/α-hetero) is 1. The van der Waals surface area contributed by atoms with Crippen LogP contribution in [0.5, 0.6) is 0 Å². The molecule has 0 saturated heterocycles. The fourth-order valence-corrected chi connectivity index (χ4v) is 2.63. The van der Waals surface area contributed by atoms with Gasteiger partial charge in [0.25, 0.3) is 5.69 Å². The fraction of sp³-hybridized carbons (Fsp3) is 0.400. The smallest absolute Gasteiger partial charge is 0.313 e. The molecule has 1 unspecified atom stereocenters. The van der Waals surface area contributed by atoms with Crippen molar-refractivity contribution in [2.75, 3.05) is 7.11 Å². The molecule has 0 N–H and O–H groups in total. The predicted molar refractivity (Wildman–Crippen MR) is 74.6 cm³/mol. The average molecular weight is 290 g/mol. The van der Waals surface area contributed by atoms with Crippen LogP contribution in [0.25, 0.3) is 0 Å². The zero-order valence-electron chi connectivity index (χ0n) is 11.7. The third-order valence-corrected chi connectivity index (χ3v) is 3.74. The van der Waals surface area contributed by atoms with Crippen LogP contribution in [0.4, 0.5) is 5.69 Å². The molecule has 21 heavy (non-hydrogen) atoms. The molecular formula is C15H16NO5. The number of non-ortho nitro benzene ring substituents is 1. The highest BCUT2D eigenvalue weighted by Crippen LogP contribution is 2.35. The Morgan fingerprint density at radius 2 is 1.90 bits per heavy atom. The van der Waals surface area contributed by atoms with Crippen LogP contribution >= 0.6 is 0 Å². The third kappa shape index (κ3) is 3.26. The second-order valence-electron chi connectivity index (χ2n) is 4.98. The predicted octanol–water partition coefficient (Wildman–Crippen LogP) is 2.72. The number of nitro groups is 1. The lowest BCUT2D eigenvalue weighted by Gasteiger charge is -2.27. The maximum absolute atomic E-state index is 12.5. The molecule has 2 rings (SSSR count). The molecular weight excluding hydrogens is 274 g/mol. The minimum absolute atomic E-state index is 0.0626. The number of nitro benzene ring substituents is 1. The number of carbonyl (C=O) groups is 2. The van der Waals surface area contributed by atoms with Gasteiger partial charge in [-0.3, -0.25) is 19.7 Å². The molecule has 0 bridgehead atoms. The van der Waals surface area contributed by atoms with Crippen molar-refractivity contribution in [2.24, 2.45) is 5.92 Å². The van der Waals surface area contributed by atoms with E-state index in [1.165, 1.54) is 31.4 Å². The largest absolute Gasteiger partial charge is 0.469 e. The van der Waals surface area contributed by atoms with E-state index in [0.717, 1.165) is 12.8 Å². The van der Waals surface area contributed by atoms with Gasteiger partial charge in [0.1, 0.15) is 0 Å². The van der Waals surface area contributed by atoms with E-state index >= 15 is 0 Å². The summed E-state index contributed by atoms with van der Waals surface area (Å²) in [6.07, 6.45) is 2.93. The van der Waals surface area contributed by atoms with Gasteiger partial charge in [-0.1, -0.05) is 12.8 Å². The maximum Gasteiger partial charge on any atom is 0.313 e. The van der Waals surface area contributed by atoms with E-state index in [9.17, 15) is 19.7 Å². The van der Waals surface area contributed by atoms with Crippen LogP contribution in [0.15, 0.2) is 24.3 Å². The van der Waals surface area contributed by atoms with Crippen LogP contribution in [-0.2, 0) is 9.53 Å². The molecule has 0 aliphatic heterocycles. The quantitative estimate of drug-likeness (QED) is 0.368. The highest BCUT2D eigenvalue weighted by molar-refractivity contribution is 6.04. The Bertz CT molecular complexity index is 552. The van der Waals surface area contributed by atoms with Gasteiger partial charge in [-0.25, -0.2) is 0 Å². The van der Waals surface area contributed by atoms with Gasteiger partial charge in [0.2, 0.25) is 0 Å². The van der Waals surface area contributed by atoms with Gasteiger partial charge in [0.05, 0.1) is 18.0 Å². The van der Waals surface area contributed by atoms with E-state index in [2.05, 4.69) is 0 Å². The molecule has 0 spiro atoms. The van der Waals surface area contributed by atoms with Crippen molar-refractivity contribution in [1.82, 2.24) is 0 Å². The number of esters is 1. The molecule has 1 aliphatic rings. The monoisotopic (exact) mass is 290 g/mol. The van der Waals surface area contributed by atoms with E-state index in [4.69, 9.17) is 4.74 Å². The summed E-state index contributed by atoms with van der Waals surface area (Å²) in [5.74, 6) is -0.584. The summed E-state index contributed by atoms with van der Waals surface area (Å²) < 4.78 is 4.74. The first-order chi connectivity index (χ1) is 10.0. The van der Waals surface area contributed by atoms with E-state index < -0.39 is 16.8 Å². The molecule has 6 nitrogen and oxygen atoms in total. The molecule has 1 saturated carbocycles. The van der Waals surface area contributed by atoms with Gasteiger partial charge in [-0.15, -0.1) is 0 Å². The molecule has 0 aromatic heterocycles. The van der Waals surface area contributed by atoms with Crippen molar-refractivity contribution in [1.29, 1.82) is 0 Å². The summed E-state index contributed by atoms with van der Waals surface area (Å²) >= 11 is 0. The minimum Gasteiger partial charge on any atom is -0.469 e. The Hall–Kier alpha value is -2.24. The van der Waals surface area contributed by atoms with Crippen LogP contribution in [-0.4, -0.2) is 23.8 Å². The third-order valence-electron chi connectivity index (χ3n) is 3.74. The first kappa shape index (κ1) is 15.2. The topological polar surface area (TPSA) is 86.5 Å². The van der Waals surface area contributed by atoms with Gasteiger partial charge in [-0.05, 0) is 25.0 Å². The van der Waals surface area contributed by atoms with Crippen molar-refractivity contribution in [3.63, 3.8) is 0 Å². The highest BCUT2D eigenvalue weighted by atomic mass is 16.6. The van der Waals surface area contributed by atoms with Gasteiger partial charge >= 0.3 is 5.97 Å². The van der Waals surface area contributed by atoms with Gasteiger partial charge in [-0.2, -0.15) is 0 Å². The second-order valence-corrected chi connectivity index (χ2v) is 4.98. The fourth-order valence-electron chi connectivity index (χ4n) is 2.63. The number of hydrogen-bond donors (Lipinski definition) is 0. The number of ketones is 1. The van der Waals surface area contributed by atoms with Crippen molar-refractivity contribution in [3.8, 4) is 0 Å². The lowest BCUT2D eigenvalue weighted by molar-refractivity contribution is -0.384. The Kier molecular flexibility index (Phi) is 4.67. The summed E-state index contributed by atoms with van der Waals surface area (Å²) in [5, 5.41) is 10.6. The standard InChI is InChI=1S/C15H16NO5/c1-21-15(18)13-5-3-2-4-12(13)14(17)10-6-8-11(9-7-10)16(19)20/h6-9,12H,2-5H2,1H3. The van der Waals surface area contributed by atoms with Gasteiger partial charge in [0, 0.05) is 23.6 Å². The van der Waals surface area contributed by atoms with Crippen LogP contribution in [0.2, 0.25) is 0 Å². The van der Waals surface area contributed by atoms with Crippen LogP contribution in [0, 0.1) is 22.0 Å². The molecule has 111 valence electrons. The normalized spacial score (nSPS) is 19.0. The molecule has 1 atom stereocenters. The summed E-state index contributed by atoms with van der Waals surface area (Å²) in [4.78, 5) is 34.4. The Balaban J connectivity index is 2.20. The lowest BCUT2D eigenvalue weighted by atomic mass is 9.75. The zero-order valence-corrected chi connectivity index (χ0v) is 11.7. The Morgan fingerprint density at radius 1 is 1.24 bits per heavy atom. The van der Waals surface area contributed by atoms with E-state index in [1.54, 1.807) is 0 Å².